The molecule has 0 aromatic heterocycles. The molecule has 0 radical (unpaired) electrons. The van der Waals surface area contributed by atoms with Crippen molar-refractivity contribution in [2.45, 2.75) is 45.8 Å². The Morgan fingerprint density at radius 2 is 1.37 bits per heavy atom. The topological polar surface area (TPSA) is 114 Å². The van der Waals surface area contributed by atoms with E-state index in [0.29, 0.717) is 50.3 Å². The van der Waals surface area contributed by atoms with Gasteiger partial charge in [0.2, 0.25) is 23.6 Å². The molecule has 218 valence electrons. The van der Waals surface area contributed by atoms with Gasteiger partial charge >= 0.3 is 0 Å². The number of likely N-dealkylation sites (tertiary alicyclic amines) is 1. The number of hydrogen-bond donors (Lipinski definition) is 0. The van der Waals surface area contributed by atoms with Crippen LogP contribution in [0.1, 0.15) is 37.8 Å². The fourth-order valence-corrected chi connectivity index (χ4v) is 5.33. The molecule has 1 unspecified atom stereocenters. The van der Waals surface area contributed by atoms with Gasteiger partial charge < -0.3 is 14.4 Å². The second kappa shape index (κ2) is 13.6. The lowest BCUT2D eigenvalue weighted by molar-refractivity contribution is -0.224. The summed E-state index contributed by atoms with van der Waals surface area (Å²) in [6.07, 6.45) is -0.314. The summed E-state index contributed by atoms with van der Waals surface area (Å²) in [5.74, 6) is -2.49. The van der Waals surface area contributed by atoms with Gasteiger partial charge in [0.15, 0.2) is 6.23 Å². The minimum Gasteiger partial charge on any atom is -0.378 e. The molecule has 0 bridgehead atoms. The highest BCUT2D eigenvalue weighted by molar-refractivity contribution is 6.07. The van der Waals surface area contributed by atoms with E-state index in [1.165, 1.54) is 0 Å². The average Bonchev–Trinajstić information content (AvgIpc) is 2.99. The first kappa shape index (κ1) is 30.1. The standard InChI is InChI=1S/C31H37N3O7/c1-3-31(4-2)29(39)34(30(31)41-22-28(38)32-15-17-40-18-16-32)27(37)21-33(25(35)19-23-11-7-5-8-12-23)26(36)20-24-13-9-6-10-14-24/h5-14,30H,3-4,15-22H2,1-2H3. The number of β-lactam (4-membered cyclic amide) rings is 1. The van der Waals surface area contributed by atoms with Crippen LogP contribution in [-0.4, -0.2) is 89.9 Å². The van der Waals surface area contributed by atoms with Crippen LogP contribution in [0.4, 0.5) is 0 Å². The van der Waals surface area contributed by atoms with Crippen LogP contribution in [-0.2, 0) is 46.3 Å². The number of morpholine rings is 1. The minimum absolute atomic E-state index is 0.0789. The highest BCUT2D eigenvalue weighted by atomic mass is 16.5. The zero-order valence-electron chi connectivity index (χ0n) is 23.6. The van der Waals surface area contributed by atoms with E-state index in [0.717, 1.165) is 9.80 Å². The molecule has 2 saturated heterocycles. The number of imide groups is 2. The van der Waals surface area contributed by atoms with Gasteiger partial charge in [-0.3, -0.25) is 33.8 Å². The molecular weight excluding hydrogens is 526 g/mol. The van der Waals surface area contributed by atoms with Crippen LogP contribution in [0.25, 0.3) is 0 Å². The summed E-state index contributed by atoms with van der Waals surface area (Å²) in [7, 11) is 0. The molecule has 2 aliphatic heterocycles. The number of hydrogen-bond acceptors (Lipinski definition) is 7. The van der Waals surface area contributed by atoms with E-state index in [1.54, 1.807) is 53.4 Å². The SMILES string of the molecule is CCC1(CC)C(=O)N(C(=O)CN(C(=O)Cc2ccccc2)C(=O)Cc2ccccc2)C1OCC(=O)N1CCOCC1. The van der Waals surface area contributed by atoms with Crippen molar-refractivity contribution in [3.05, 3.63) is 71.8 Å². The Hall–Kier alpha value is -3.89. The average molecular weight is 564 g/mol. The summed E-state index contributed by atoms with van der Waals surface area (Å²) in [5.41, 5.74) is 0.427. The first-order chi connectivity index (χ1) is 19.8. The van der Waals surface area contributed by atoms with Crippen molar-refractivity contribution in [1.82, 2.24) is 14.7 Å². The summed E-state index contributed by atoms with van der Waals surface area (Å²) < 4.78 is 11.2. The Bertz CT molecular complexity index is 1190. The number of nitrogens with zero attached hydrogens (tertiary/aromatic N) is 3. The monoisotopic (exact) mass is 563 g/mol. The molecule has 0 saturated carbocycles. The lowest BCUT2D eigenvalue weighted by Gasteiger charge is -2.53. The van der Waals surface area contributed by atoms with Gasteiger partial charge in [-0.1, -0.05) is 74.5 Å². The Kier molecular flexibility index (Phi) is 10.0. The van der Waals surface area contributed by atoms with Gasteiger partial charge in [0.25, 0.3) is 5.91 Å². The molecule has 10 heteroatoms. The molecule has 2 aromatic carbocycles. The minimum atomic E-state index is -0.974. The van der Waals surface area contributed by atoms with Crippen molar-refractivity contribution in [2.24, 2.45) is 5.41 Å². The van der Waals surface area contributed by atoms with Crippen LogP contribution in [0.3, 0.4) is 0 Å². The first-order valence-corrected chi connectivity index (χ1v) is 14.0. The van der Waals surface area contributed by atoms with Crippen molar-refractivity contribution < 1.29 is 33.4 Å². The van der Waals surface area contributed by atoms with Crippen molar-refractivity contribution in [3.8, 4) is 0 Å². The number of carbonyl (C=O) groups excluding carboxylic acids is 5. The van der Waals surface area contributed by atoms with Gasteiger partial charge in [-0.05, 0) is 24.0 Å². The maximum Gasteiger partial charge on any atom is 0.251 e. The van der Waals surface area contributed by atoms with E-state index in [1.807, 2.05) is 26.0 Å². The van der Waals surface area contributed by atoms with Crippen molar-refractivity contribution in [3.63, 3.8) is 0 Å². The number of amides is 5. The summed E-state index contributed by atoms with van der Waals surface area (Å²) in [6.45, 7) is 4.54. The summed E-state index contributed by atoms with van der Waals surface area (Å²) >= 11 is 0. The predicted molar refractivity (Wildman–Crippen MR) is 149 cm³/mol. The quantitative estimate of drug-likeness (QED) is 0.385. The Morgan fingerprint density at radius 1 is 0.854 bits per heavy atom. The van der Waals surface area contributed by atoms with E-state index >= 15 is 0 Å². The van der Waals surface area contributed by atoms with Gasteiger partial charge in [0, 0.05) is 13.1 Å². The third kappa shape index (κ3) is 6.71. The second-order valence-corrected chi connectivity index (χ2v) is 10.3. The molecule has 0 aliphatic carbocycles. The first-order valence-electron chi connectivity index (χ1n) is 14.0. The largest absolute Gasteiger partial charge is 0.378 e. The fourth-order valence-electron chi connectivity index (χ4n) is 5.33. The molecule has 2 heterocycles. The predicted octanol–water partition coefficient (Wildman–Crippen LogP) is 2.20. The summed E-state index contributed by atoms with van der Waals surface area (Å²) in [6, 6.07) is 17.9. The molecule has 4 rings (SSSR count). The fraction of sp³-hybridized carbons (Fsp3) is 0.452. The van der Waals surface area contributed by atoms with Crippen LogP contribution in [0, 0.1) is 5.41 Å². The number of benzene rings is 2. The van der Waals surface area contributed by atoms with Crippen molar-refractivity contribution in [1.29, 1.82) is 0 Å². The van der Waals surface area contributed by atoms with Gasteiger partial charge in [-0.15, -0.1) is 0 Å². The van der Waals surface area contributed by atoms with Crippen molar-refractivity contribution in [2.75, 3.05) is 39.5 Å². The smallest absolute Gasteiger partial charge is 0.251 e. The van der Waals surface area contributed by atoms with Crippen LogP contribution in [0.2, 0.25) is 0 Å². The molecule has 0 N–H and O–H groups in total. The lowest BCUT2D eigenvalue weighted by Crippen LogP contribution is -2.72. The molecule has 41 heavy (non-hydrogen) atoms. The molecule has 2 aliphatic rings. The third-order valence-electron chi connectivity index (χ3n) is 7.90. The van der Waals surface area contributed by atoms with E-state index in [9.17, 15) is 24.0 Å². The van der Waals surface area contributed by atoms with Crippen LogP contribution in [0.5, 0.6) is 0 Å². The lowest BCUT2D eigenvalue weighted by atomic mass is 9.71. The number of rotatable bonds is 11. The molecule has 1 atom stereocenters. The number of ether oxygens (including phenoxy) is 2. The molecule has 10 nitrogen and oxygen atoms in total. The van der Waals surface area contributed by atoms with Gasteiger partial charge in [-0.25, -0.2) is 0 Å². The van der Waals surface area contributed by atoms with Gasteiger partial charge in [-0.2, -0.15) is 0 Å². The highest BCUT2D eigenvalue weighted by Gasteiger charge is 2.62. The van der Waals surface area contributed by atoms with Gasteiger partial charge in [0.05, 0.1) is 31.5 Å². The third-order valence-corrected chi connectivity index (χ3v) is 7.90. The Labute approximate surface area is 240 Å². The molecule has 0 spiro atoms. The zero-order chi connectivity index (χ0) is 29.4. The highest BCUT2D eigenvalue weighted by Crippen LogP contribution is 2.45. The molecular formula is C31H37N3O7. The van der Waals surface area contributed by atoms with Crippen LogP contribution < -0.4 is 0 Å². The van der Waals surface area contributed by atoms with E-state index < -0.39 is 41.8 Å². The van der Waals surface area contributed by atoms with E-state index in [4.69, 9.17) is 9.47 Å². The van der Waals surface area contributed by atoms with E-state index in [-0.39, 0.29) is 25.4 Å². The van der Waals surface area contributed by atoms with Crippen LogP contribution in [0.15, 0.2) is 60.7 Å². The van der Waals surface area contributed by atoms with Gasteiger partial charge in [0.1, 0.15) is 13.2 Å². The van der Waals surface area contributed by atoms with Crippen molar-refractivity contribution >= 4 is 29.5 Å². The zero-order valence-corrected chi connectivity index (χ0v) is 23.6. The Balaban J connectivity index is 1.51. The maximum atomic E-state index is 13.6. The normalized spacial score (nSPS) is 18.0. The Morgan fingerprint density at radius 3 is 1.85 bits per heavy atom. The molecule has 5 amide bonds. The maximum absolute atomic E-state index is 13.6. The summed E-state index contributed by atoms with van der Waals surface area (Å²) in [4.78, 5) is 70.0. The summed E-state index contributed by atoms with van der Waals surface area (Å²) in [5, 5.41) is 0. The number of carbonyl (C=O) groups is 5. The second-order valence-electron chi connectivity index (χ2n) is 10.3. The van der Waals surface area contributed by atoms with E-state index in [2.05, 4.69) is 0 Å². The molecule has 2 fully saturated rings. The van der Waals surface area contributed by atoms with Crippen LogP contribution >= 0.6 is 0 Å². The molecule has 2 aromatic rings.